The highest BCUT2D eigenvalue weighted by Gasteiger charge is 2.17. The van der Waals surface area contributed by atoms with E-state index in [1.807, 2.05) is 24.3 Å². The Balaban J connectivity index is 2.30. The molecule has 3 aromatic rings. The van der Waals surface area contributed by atoms with Crippen LogP contribution in [0.1, 0.15) is 6.92 Å². The van der Waals surface area contributed by atoms with Crippen molar-refractivity contribution < 1.29 is 9.90 Å². The first-order chi connectivity index (χ1) is 11.0. The summed E-state index contributed by atoms with van der Waals surface area (Å²) in [5.41, 5.74) is 1.50. The second-order valence-electron chi connectivity index (χ2n) is 5.07. The van der Waals surface area contributed by atoms with Crippen molar-refractivity contribution >= 4 is 39.7 Å². The van der Waals surface area contributed by atoms with Gasteiger partial charge in [-0.25, -0.2) is 4.98 Å². The second kappa shape index (κ2) is 5.92. The molecule has 0 saturated heterocycles. The quantitative estimate of drug-likeness (QED) is 0.433. The fraction of sp³-hybridized carbons (Fsp3) is 0.188. The molecule has 0 saturated carbocycles. The summed E-state index contributed by atoms with van der Waals surface area (Å²) in [5, 5.41) is 11.4. The van der Waals surface area contributed by atoms with Gasteiger partial charge in [0, 0.05) is 22.7 Å². The smallest absolute Gasteiger partial charge is 0.278 e. The highest BCUT2D eigenvalue weighted by molar-refractivity contribution is 8.00. The van der Waals surface area contributed by atoms with Crippen LogP contribution in [0.4, 0.5) is 0 Å². The Morgan fingerprint density at radius 3 is 2.96 bits per heavy atom. The van der Waals surface area contributed by atoms with Crippen LogP contribution in [-0.2, 0) is 11.3 Å². The fourth-order valence-electron chi connectivity index (χ4n) is 2.36. The number of fused-ring (bicyclic) bond motifs is 3. The normalized spacial score (nSPS) is 12.6. The first-order valence-electron chi connectivity index (χ1n) is 7.02. The lowest BCUT2D eigenvalue weighted by Gasteiger charge is -2.15. The van der Waals surface area contributed by atoms with Crippen LogP contribution in [0, 0.1) is 0 Å². The summed E-state index contributed by atoms with van der Waals surface area (Å²) in [6, 6.07) is 7.47. The van der Waals surface area contributed by atoms with Gasteiger partial charge in [0.15, 0.2) is 5.16 Å². The number of carbonyl (C=O) groups excluding carboxylic acids is 1. The Morgan fingerprint density at radius 1 is 1.52 bits per heavy atom. The van der Waals surface area contributed by atoms with Crippen molar-refractivity contribution in [3.05, 3.63) is 47.3 Å². The molecule has 6 nitrogen and oxygen atoms in total. The van der Waals surface area contributed by atoms with E-state index in [4.69, 9.17) is 0 Å². The van der Waals surface area contributed by atoms with Gasteiger partial charge in [-0.3, -0.25) is 9.36 Å². The number of aromatic amines is 1. The molecule has 2 heterocycles. The summed E-state index contributed by atoms with van der Waals surface area (Å²) in [4.78, 5) is 31.3. The van der Waals surface area contributed by atoms with Gasteiger partial charge in [-0.05, 0) is 13.0 Å². The van der Waals surface area contributed by atoms with E-state index in [1.54, 1.807) is 6.08 Å². The molecule has 0 radical (unpaired) electrons. The third-order valence-corrected chi connectivity index (χ3v) is 4.57. The number of thioether (sulfide) groups is 1. The SMILES string of the molecule is C=CCn1c(S[C@@H](C)C(=O)[O-])nc2c([nH]c3ccccc32)c1=O. The van der Waals surface area contributed by atoms with Gasteiger partial charge >= 0.3 is 0 Å². The van der Waals surface area contributed by atoms with Crippen molar-refractivity contribution in [2.75, 3.05) is 0 Å². The number of rotatable bonds is 5. The number of H-pyrrole nitrogens is 1. The summed E-state index contributed by atoms with van der Waals surface area (Å²) in [6.45, 7) is 5.39. The summed E-state index contributed by atoms with van der Waals surface area (Å²) in [5.74, 6) is -1.20. The topological polar surface area (TPSA) is 90.8 Å². The van der Waals surface area contributed by atoms with Gasteiger partial charge in [0.05, 0.1) is 5.97 Å². The zero-order chi connectivity index (χ0) is 16.6. The molecule has 0 spiro atoms. The number of aliphatic carboxylic acids is 1. The summed E-state index contributed by atoms with van der Waals surface area (Å²) in [6.07, 6.45) is 1.57. The Bertz CT molecular complexity index is 974. The van der Waals surface area contributed by atoms with E-state index in [9.17, 15) is 14.7 Å². The van der Waals surface area contributed by atoms with Crippen molar-refractivity contribution in [1.29, 1.82) is 0 Å². The zero-order valence-electron chi connectivity index (χ0n) is 12.4. The van der Waals surface area contributed by atoms with Gasteiger partial charge < -0.3 is 14.9 Å². The van der Waals surface area contributed by atoms with Gasteiger partial charge in [-0.15, -0.1) is 6.58 Å². The molecule has 0 amide bonds. The minimum Gasteiger partial charge on any atom is -0.549 e. The molecule has 118 valence electrons. The van der Waals surface area contributed by atoms with Crippen LogP contribution in [0.2, 0.25) is 0 Å². The number of allylic oxidation sites excluding steroid dienone is 1. The third-order valence-electron chi connectivity index (χ3n) is 3.50. The van der Waals surface area contributed by atoms with Crippen LogP contribution in [0.25, 0.3) is 21.9 Å². The number of benzene rings is 1. The van der Waals surface area contributed by atoms with Crippen molar-refractivity contribution in [3.8, 4) is 0 Å². The van der Waals surface area contributed by atoms with E-state index in [1.165, 1.54) is 11.5 Å². The van der Waals surface area contributed by atoms with Crippen LogP contribution in [0.15, 0.2) is 46.9 Å². The van der Waals surface area contributed by atoms with E-state index in [0.717, 1.165) is 22.7 Å². The maximum Gasteiger partial charge on any atom is 0.278 e. The largest absolute Gasteiger partial charge is 0.549 e. The second-order valence-corrected chi connectivity index (χ2v) is 6.38. The number of carboxylic acid groups (broad SMARTS) is 1. The molecule has 1 aromatic carbocycles. The molecular weight excluding hydrogens is 314 g/mol. The molecule has 0 fully saturated rings. The van der Waals surface area contributed by atoms with Gasteiger partial charge in [-0.1, -0.05) is 36.0 Å². The number of para-hydroxylation sites is 1. The number of nitrogens with one attached hydrogen (secondary N) is 1. The average molecular weight is 328 g/mol. The molecule has 1 atom stereocenters. The van der Waals surface area contributed by atoms with Crippen molar-refractivity contribution in [3.63, 3.8) is 0 Å². The number of carbonyl (C=O) groups is 1. The minimum atomic E-state index is -1.20. The molecule has 0 unspecified atom stereocenters. The molecule has 0 aliphatic carbocycles. The standard InChI is InChI=1S/C16H15N3O3S/c1-3-8-19-14(20)13-12(10-6-4-5-7-11(10)17-13)18-16(19)23-9(2)15(21)22/h3-7,9,17H,1,8H2,2H3,(H,21,22)/p-1/t9-/m0/s1. The van der Waals surface area contributed by atoms with Crippen LogP contribution in [0.3, 0.4) is 0 Å². The maximum atomic E-state index is 12.7. The maximum absolute atomic E-state index is 12.7. The predicted molar refractivity (Wildman–Crippen MR) is 88.4 cm³/mol. The van der Waals surface area contributed by atoms with Crippen molar-refractivity contribution in [1.82, 2.24) is 14.5 Å². The highest BCUT2D eigenvalue weighted by atomic mass is 32.2. The lowest BCUT2D eigenvalue weighted by Crippen LogP contribution is -2.32. The molecule has 2 aromatic heterocycles. The number of aromatic nitrogens is 3. The van der Waals surface area contributed by atoms with E-state index in [0.29, 0.717) is 16.2 Å². The van der Waals surface area contributed by atoms with Gasteiger partial charge in [0.1, 0.15) is 11.0 Å². The van der Waals surface area contributed by atoms with Gasteiger partial charge in [-0.2, -0.15) is 0 Å². The van der Waals surface area contributed by atoms with Crippen LogP contribution >= 0.6 is 11.8 Å². The third kappa shape index (κ3) is 2.63. The van der Waals surface area contributed by atoms with Crippen LogP contribution in [-0.4, -0.2) is 25.8 Å². The van der Waals surface area contributed by atoms with Crippen LogP contribution < -0.4 is 10.7 Å². The Labute approximate surface area is 135 Å². The lowest BCUT2D eigenvalue weighted by molar-refractivity contribution is -0.304. The summed E-state index contributed by atoms with van der Waals surface area (Å²) >= 11 is 0.987. The van der Waals surface area contributed by atoms with Crippen molar-refractivity contribution in [2.24, 2.45) is 0 Å². The van der Waals surface area contributed by atoms with E-state index >= 15 is 0 Å². The average Bonchev–Trinajstić information content (AvgIpc) is 2.90. The number of hydrogen-bond donors (Lipinski definition) is 1. The van der Waals surface area contributed by atoms with E-state index in [-0.39, 0.29) is 12.1 Å². The molecule has 0 aliphatic rings. The van der Waals surface area contributed by atoms with Crippen molar-refractivity contribution in [2.45, 2.75) is 23.9 Å². The molecule has 0 bridgehead atoms. The van der Waals surface area contributed by atoms with E-state index in [2.05, 4.69) is 16.5 Å². The molecular formula is C16H14N3O3S-. The van der Waals surface area contributed by atoms with Gasteiger partial charge in [0.2, 0.25) is 0 Å². The first kappa shape index (κ1) is 15.4. The zero-order valence-corrected chi connectivity index (χ0v) is 13.2. The Morgan fingerprint density at radius 2 is 2.26 bits per heavy atom. The lowest BCUT2D eigenvalue weighted by atomic mass is 10.2. The van der Waals surface area contributed by atoms with Crippen LogP contribution in [0.5, 0.6) is 0 Å². The summed E-state index contributed by atoms with van der Waals surface area (Å²) < 4.78 is 1.41. The minimum absolute atomic E-state index is 0.249. The van der Waals surface area contributed by atoms with Gasteiger partial charge in [0.25, 0.3) is 5.56 Å². The Hall–Kier alpha value is -2.54. The molecule has 0 aliphatic heterocycles. The first-order valence-corrected chi connectivity index (χ1v) is 7.90. The molecule has 1 N–H and O–H groups in total. The number of carboxylic acids is 1. The molecule has 3 rings (SSSR count). The fourth-order valence-corrected chi connectivity index (χ4v) is 3.20. The molecule has 7 heteroatoms. The molecule has 23 heavy (non-hydrogen) atoms. The highest BCUT2D eigenvalue weighted by Crippen LogP contribution is 2.26. The predicted octanol–water partition coefficient (Wildman–Crippen LogP) is 1.29. The summed E-state index contributed by atoms with van der Waals surface area (Å²) in [7, 11) is 0. The monoisotopic (exact) mass is 328 g/mol. The Kier molecular flexibility index (Phi) is 3.96. The number of nitrogens with zero attached hydrogens (tertiary/aromatic N) is 2. The number of hydrogen-bond acceptors (Lipinski definition) is 5. The van der Waals surface area contributed by atoms with E-state index < -0.39 is 11.2 Å².